The molecule has 6 aromatic rings. The van der Waals surface area contributed by atoms with Crippen molar-refractivity contribution in [3.63, 3.8) is 0 Å². The second-order valence-electron chi connectivity index (χ2n) is 20.1. The summed E-state index contributed by atoms with van der Waals surface area (Å²) >= 11 is 0. The molecule has 0 saturated carbocycles. The molecule has 0 radical (unpaired) electrons. The molecule has 14 nitrogen and oxygen atoms in total. The normalized spacial score (nSPS) is 20.1. The summed E-state index contributed by atoms with van der Waals surface area (Å²) in [7, 11) is 0. The zero-order valence-electron chi connectivity index (χ0n) is 43.7. The van der Waals surface area contributed by atoms with Crippen LogP contribution in [0.1, 0.15) is 121 Å². The molecule has 5 atom stereocenters. The number of aryl methyl sites for hydroxylation is 1. The lowest BCUT2D eigenvalue weighted by atomic mass is 9.73. The lowest BCUT2D eigenvalue weighted by Gasteiger charge is -2.45. The molecule has 3 fully saturated rings. The number of ether oxygens (including phenoxy) is 6. The smallest absolute Gasteiger partial charge is 0.338 e. The quantitative estimate of drug-likeness (QED) is 0.0617. The Labute approximate surface area is 463 Å². The molecule has 0 amide bonds. The number of hydrogen-bond donors (Lipinski definition) is 2. The van der Waals surface area contributed by atoms with Gasteiger partial charge in [-0.3, -0.25) is 5.10 Å². The van der Waals surface area contributed by atoms with Gasteiger partial charge in [-0.1, -0.05) is 117 Å². The van der Waals surface area contributed by atoms with E-state index in [2.05, 4.69) is 57.7 Å². The third-order valence-electron chi connectivity index (χ3n) is 14.5. The van der Waals surface area contributed by atoms with Crippen molar-refractivity contribution in [2.75, 3.05) is 39.3 Å². The van der Waals surface area contributed by atoms with Crippen LogP contribution in [0.25, 0.3) is 6.08 Å². The molecule has 406 valence electrons. The molecule has 2 N–H and O–H groups in total. The van der Waals surface area contributed by atoms with E-state index in [4.69, 9.17) is 28.4 Å². The monoisotopic (exact) mass is 1090 g/mol. The van der Waals surface area contributed by atoms with E-state index >= 15 is 0 Å². The van der Waals surface area contributed by atoms with Gasteiger partial charge in [-0.05, 0) is 135 Å². The van der Waals surface area contributed by atoms with Crippen molar-refractivity contribution in [3.8, 4) is 5.88 Å². The van der Waals surface area contributed by atoms with Crippen LogP contribution in [0.2, 0.25) is 0 Å². The highest BCUT2D eigenvalue weighted by Crippen LogP contribution is 2.39. The van der Waals surface area contributed by atoms with Gasteiger partial charge in [0.15, 0.2) is 12.2 Å². The van der Waals surface area contributed by atoms with E-state index in [-0.39, 0.29) is 58.9 Å². The number of nitrogens with one attached hydrogen (secondary N) is 2. The molecule has 3 aliphatic rings. The lowest BCUT2D eigenvalue weighted by Crippen LogP contribution is -2.64. The van der Waals surface area contributed by atoms with Crippen molar-refractivity contribution < 1.29 is 47.6 Å². The van der Waals surface area contributed by atoms with Gasteiger partial charge in [0.2, 0.25) is 18.3 Å². The van der Waals surface area contributed by atoms with Crippen LogP contribution in [0.5, 0.6) is 5.88 Å². The van der Waals surface area contributed by atoms with Crippen LogP contribution >= 0.6 is 24.8 Å². The van der Waals surface area contributed by atoms with Crippen molar-refractivity contribution in [1.82, 2.24) is 20.4 Å². The molecule has 77 heavy (non-hydrogen) atoms. The van der Waals surface area contributed by atoms with Gasteiger partial charge in [0.1, 0.15) is 12.7 Å². The van der Waals surface area contributed by atoms with Crippen molar-refractivity contribution in [2.24, 2.45) is 5.41 Å². The number of likely N-dealkylation sites (tertiary alicyclic amines) is 1. The molecule has 1 aromatic heterocycles. The van der Waals surface area contributed by atoms with Gasteiger partial charge in [0.05, 0.1) is 22.3 Å². The van der Waals surface area contributed by atoms with Crippen molar-refractivity contribution in [2.45, 2.75) is 95.9 Å². The summed E-state index contributed by atoms with van der Waals surface area (Å²) in [4.78, 5) is 58.7. The predicted molar refractivity (Wildman–Crippen MR) is 298 cm³/mol. The molecule has 0 bridgehead atoms. The fourth-order valence-corrected chi connectivity index (χ4v) is 10.4. The van der Waals surface area contributed by atoms with E-state index in [1.54, 1.807) is 121 Å². The van der Waals surface area contributed by atoms with Crippen molar-refractivity contribution in [1.29, 1.82) is 0 Å². The summed E-state index contributed by atoms with van der Waals surface area (Å²) in [6, 6.07) is 39.6. The molecule has 16 heteroatoms. The predicted octanol–water partition coefficient (Wildman–Crippen LogP) is 10.8. The Bertz CT molecular complexity index is 2890. The average Bonchev–Trinajstić information content (AvgIpc) is 3.85. The van der Waals surface area contributed by atoms with Gasteiger partial charge in [-0.15, -0.1) is 29.9 Å². The molecule has 9 rings (SSSR count). The summed E-state index contributed by atoms with van der Waals surface area (Å²) in [5.41, 5.74) is 6.02. The summed E-state index contributed by atoms with van der Waals surface area (Å²) in [6.07, 6.45) is 3.35. The highest BCUT2D eigenvalue weighted by atomic mass is 35.5. The average molecular weight is 1090 g/mol. The van der Waals surface area contributed by atoms with E-state index < -0.39 is 61.2 Å². The molecule has 0 unspecified atom stereocenters. The first kappa shape index (κ1) is 57.9. The third kappa shape index (κ3) is 14.8. The molecule has 3 aliphatic heterocycles. The van der Waals surface area contributed by atoms with Crippen LogP contribution < -0.4 is 10.1 Å². The second kappa shape index (κ2) is 27.5. The number of halogens is 2. The fraction of sp³-hybridized carbons (Fsp3) is 0.361. The SMILES string of the molecule is Cc1cc(/C=C/CCN2CCCC3(CCNCC3)C2)ccc1Cc1c(O[C@@H]2O[C@H](COC(=O)c3ccccc3)[C@@H](OC(=O)c3ccccc3)[C@H](OC(=O)c3ccccc3)[C@H]2OC(=O)c2ccccc2)n[nH]c1C(C)C.Cl.Cl. The maximum absolute atomic E-state index is 14.2. The highest BCUT2D eigenvalue weighted by molar-refractivity contribution is 5.91. The van der Waals surface area contributed by atoms with Crippen LogP contribution in [-0.4, -0.2) is 109 Å². The van der Waals surface area contributed by atoms with Gasteiger partial charge in [0, 0.05) is 30.8 Å². The van der Waals surface area contributed by atoms with Gasteiger partial charge < -0.3 is 38.6 Å². The fourth-order valence-electron chi connectivity index (χ4n) is 10.4. The minimum absolute atomic E-state index is 0. The summed E-state index contributed by atoms with van der Waals surface area (Å²) in [5, 5.41) is 11.4. The first-order valence-electron chi connectivity index (χ1n) is 26.1. The Morgan fingerprint density at radius 1 is 0.714 bits per heavy atom. The maximum Gasteiger partial charge on any atom is 0.338 e. The highest BCUT2D eigenvalue weighted by Gasteiger charge is 2.55. The third-order valence-corrected chi connectivity index (χ3v) is 14.5. The molecule has 1 spiro atoms. The number of carbonyl (C=O) groups excluding carboxylic acids is 4. The van der Waals surface area contributed by atoms with Crippen LogP contribution in [0.3, 0.4) is 0 Å². The van der Waals surface area contributed by atoms with Crippen molar-refractivity contribution >= 4 is 54.8 Å². The lowest BCUT2D eigenvalue weighted by molar-refractivity contribution is -0.276. The molecular weight excluding hydrogens is 1020 g/mol. The zero-order chi connectivity index (χ0) is 52.2. The maximum atomic E-state index is 14.2. The van der Waals surface area contributed by atoms with Crippen molar-refractivity contribution in [3.05, 3.63) is 196 Å². The Kier molecular flexibility index (Phi) is 20.7. The first-order valence-corrected chi connectivity index (χ1v) is 26.1. The Morgan fingerprint density at radius 2 is 1.26 bits per heavy atom. The number of H-pyrrole nitrogens is 1. The Morgan fingerprint density at radius 3 is 1.82 bits per heavy atom. The summed E-state index contributed by atoms with van der Waals surface area (Å²) in [5.74, 6) is -2.98. The largest absolute Gasteiger partial charge is 0.459 e. The number of benzene rings is 5. The van der Waals surface area contributed by atoms with E-state index in [9.17, 15) is 19.2 Å². The molecule has 4 heterocycles. The Hall–Kier alpha value is -6.81. The van der Waals surface area contributed by atoms with Gasteiger partial charge in [-0.2, -0.15) is 0 Å². The van der Waals surface area contributed by atoms with Crippen LogP contribution in [-0.2, 0) is 30.1 Å². The second-order valence-corrected chi connectivity index (χ2v) is 20.1. The van der Waals surface area contributed by atoms with E-state index in [0.29, 0.717) is 11.8 Å². The molecule has 0 aliphatic carbocycles. The number of aromatic nitrogens is 2. The minimum atomic E-state index is -1.60. The van der Waals surface area contributed by atoms with E-state index in [1.807, 2.05) is 13.8 Å². The topological polar surface area (TPSA) is 168 Å². The zero-order valence-corrected chi connectivity index (χ0v) is 45.3. The van der Waals surface area contributed by atoms with Gasteiger partial charge in [0.25, 0.3) is 0 Å². The Balaban J connectivity index is 0.00000431. The number of aromatic amines is 1. The number of esters is 4. The number of carbonyl (C=O) groups is 4. The van der Waals surface area contributed by atoms with Crippen LogP contribution in [0.15, 0.2) is 146 Å². The molecule has 3 saturated heterocycles. The number of hydrogen-bond acceptors (Lipinski definition) is 13. The first-order chi connectivity index (χ1) is 36.5. The number of rotatable bonds is 18. The minimum Gasteiger partial charge on any atom is -0.459 e. The standard InChI is InChI=1S/C61H66N4O10.2ClH/c1-41(2)51-49(38-48-29-28-43(37-42(48)3)19-16-17-35-65-36-18-30-61(40-65)31-33-62-34-32-61)55(64-63-51)75-60-54(74-59(69)47-26-14-7-15-27-47)53(73-58(68)46-24-12-6-13-25-46)52(72-57(67)45-22-10-5-11-23-45)50(71-60)39-70-56(66)44-20-8-4-9-21-44;;/h4-16,19-29,37,41,50,52-54,60,62H,17-18,30-36,38-40H2,1-3H3,(H,63,64);2*1H/b19-16+;;/t50-,52-,53+,54-,60+;;/m1../s1. The summed E-state index contributed by atoms with van der Waals surface area (Å²) < 4.78 is 38.2. The van der Waals surface area contributed by atoms with E-state index in [0.717, 1.165) is 54.0 Å². The summed E-state index contributed by atoms with van der Waals surface area (Å²) in [6.45, 7) is 11.3. The van der Waals surface area contributed by atoms with Crippen LogP contribution in [0, 0.1) is 12.3 Å². The molecule has 5 aromatic carbocycles. The van der Waals surface area contributed by atoms with Gasteiger partial charge in [-0.25, -0.2) is 19.2 Å². The number of piperidine rings is 2. The number of nitrogens with zero attached hydrogens (tertiary/aromatic N) is 2. The van der Waals surface area contributed by atoms with Gasteiger partial charge >= 0.3 is 23.9 Å². The molecular formula is C61H68Cl2N4O10. The van der Waals surface area contributed by atoms with Crippen LogP contribution in [0.4, 0.5) is 0 Å². The van der Waals surface area contributed by atoms with E-state index in [1.165, 1.54) is 38.8 Å².